The van der Waals surface area contributed by atoms with Gasteiger partial charge in [0.1, 0.15) is 5.00 Å². The number of aryl methyl sites for hydroxylation is 2. The number of amides is 1. The molecular weight excluding hydrogens is 348 g/mol. The number of methoxy groups -OCH3 is 1. The lowest BCUT2D eigenvalue weighted by Crippen LogP contribution is -2.29. The second-order valence-electron chi connectivity index (χ2n) is 6.57. The van der Waals surface area contributed by atoms with Crippen LogP contribution in [0.3, 0.4) is 0 Å². The largest absolute Gasteiger partial charge is 0.465 e. The number of nitrogens with one attached hydrogen (secondary N) is 1. The van der Waals surface area contributed by atoms with Crippen LogP contribution in [-0.4, -0.2) is 37.0 Å². The molecule has 6 heteroatoms. The molecule has 0 radical (unpaired) electrons. The summed E-state index contributed by atoms with van der Waals surface area (Å²) in [6.07, 6.45) is 0.795. The highest BCUT2D eigenvalue weighted by Gasteiger charge is 2.29. The Hall–Kier alpha value is -2.18. The molecule has 0 saturated heterocycles. The number of benzene rings is 1. The van der Waals surface area contributed by atoms with Crippen LogP contribution in [0, 0.1) is 13.8 Å². The molecule has 0 unspecified atom stereocenters. The topological polar surface area (TPSA) is 58.6 Å². The molecule has 5 nitrogen and oxygen atoms in total. The summed E-state index contributed by atoms with van der Waals surface area (Å²) in [5, 5.41) is 3.53. The van der Waals surface area contributed by atoms with Crippen molar-refractivity contribution in [1.82, 2.24) is 4.90 Å². The van der Waals surface area contributed by atoms with E-state index in [-0.39, 0.29) is 11.9 Å². The zero-order valence-corrected chi connectivity index (χ0v) is 16.5. The van der Waals surface area contributed by atoms with Crippen LogP contribution in [0.15, 0.2) is 18.2 Å². The van der Waals surface area contributed by atoms with E-state index < -0.39 is 0 Å². The first-order valence-electron chi connectivity index (χ1n) is 8.78. The van der Waals surface area contributed by atoms with E-state index in [1.54, 1.807) is 0 Å². The minimum Gasteiger partial charge on any atom is -0.465 e. The molecule has 1 aromatic heterocycles. The third-order valence-corrected chi connectivity index (χ3v) is 6.10. The fourth-order valence-corrected chi connectivity index (χ4v) is 4.46. The minimum atomic E-state index is -0.386. The lowest BCUT2D eigenvalue weighted by Gasteiger charge is -2.25. The molecular formula is C20H24N2O3S. The van der Waals surface area contributed by atoms with Gasteiger partial charge in [-0.15, -0.1) is 11.3 Å². The molecule has 138 valence electrons. The van der Waals surface area contributed by atoms with Gasteiger partial charge in [-0.1, -0.05) is 13.0 Å². The molecule has 0 saturated carbocycles. The summed E-state index contributed by atoms with van der Waals surface area (Å²) in [7, 11) is 1.38. The number of nitrogens with zero attached hydrogens (tertiary/aromatic N) is 1. The highest BCUT2D eigenvalue weighted by molar-refractivity contribution is 7.17. The van der Waals surface area contributed by atoms with Gasteiger partial charge in [0.2, 0.25) is 0 Å². The van der Waals surface area contributed by atoms with E-state index in [9.17, 15) is 9.59 Å². The summed E-state index contributed by atoms with van der Waals surface area (Å²) in [5.41, 5.74) is 4.32. The highest BCUT2D eigenvalue weighted by Crippen LogP contribution is 2.37. The Bertz CT molecular complexity index is 857. The third kappa shape index (κ3) is 3.52. The number of ether oxygens (including phenoxy) is 1. The molecule has 0 bridgehead atoms. The molecule has 3 rings (SSSR count). The molecule has 2 aromatic rings. The average Bonchev–Trinajstić information content (AvgIpc) is 2.99. The van der Waals surface area contributed by atoms with E-state index in [1.165, 1.54) is 18.4 Å². The summed E-state index contributed by atoms with van der Waals surface area (Å²) < 4.78 is 4.98. The fraction of sp³-hybridized carbons (Fsp3) is 0.400. The van der Waals surface area contributed by atoms with Crippen molar-refractivity contribution in [1.29, 1.82) is 0 Å². The molecule has 0 spiro atoms. The maximum absolute atomic E-state index is 12.7. The maximum Gasteiger partial charge on any atom is 0.341 e. The Morgan fingerprint density at radius 1 is 1.27 bits per heavy atom. The first-order chi connectivity index (χ1) is 12.4. The number of fused-ring (bicyclic) bond motifs is 1. The average molecular weight is 372 g/mol. The van der Waals surface area contributed by atoms with Gasteiger partial charge in [0, 0.05) is 23.5 Å². The van der Waals surface area contributed by atoms with Crippen molar-refractivity contribution in [3.05, 3.63) is 50.9 Å². The van der Waals surface area contributed by atoms with Crippen molar-refractivity contribution in [3.8, 4) is 0 Å². The normalized spacial score (nSPS) is 14.0. The smallest absolute Gasteiger partial charge is 0.341 e. The summed E-state index contributed by atoms with van der Waals surface area (Å²) in [6.45, 7) is 8.81. The Morgan fingerprint density at radius 2 is 2.04 bits per heavy atom. The number of anilines is 1. The zero-order chi connectivity index (χ0) is 18.8. The summed E-state index contributed by atoms with van der Waals surface area (Å²) in [6, 6.07) is 5.61. The van der Waals surface area contributed by atoms with Gasteiger partial charge < -0.3 is 10.1 Å². The predicted octanol–water partition coefficient (Wildman–Crippen LogP) is 3.78. The zero-order valence-electron chi connectivity index (χ0n) is 15.6. The number of hydrogen-bond acceptors (Lipinski definition) is 5. The van der Waals surface area contributed by atoms with Crippen LogP contribution in [0.2, 0.25) is 0 Å². The lowest BCUT2D eigenvalue weighted by atomic mass is 10.0. The van der Waals surface area contributed by atoms with E-state index in [0.717, 1.165) is 47.6 Å². The number of carbonyl (C=O) groups is 2. The number of hydrogen-bond donors (Lipinski definition) is 1. The van der Waals surface area contributed by atoms with Crippen LogP contribution in [0.25, 0.3) is 0 Å². The van der Waals surface area contributed by atoms with E-state index in [4.69, 9.17) is 4.74 Å². The molecule has 1 amide bonds. The van der Waals surface area contributed by atoms with Crippen LogP contribution in [0.4, 0.5) is 5.00 Å². The molecule has 0 aliphatic carbocycles. The van der Waals surface area contributed by atoms with Gasteiger partial charge in [-0.05, 0) is 55.6 Å². The number of carbonyl (C=O) groups excluding carboxylic acids is 2. The maximum atomic E-state index is 12.7. The Kier molecular flexibility index (Phi) is 5.44. The van der Waals surface area contributed by atoms with Crippen molar-refractivity contribution in [2.45, 2.75) is 33.7 Å². The van der Waals surface area contributed by atoms with Gasteiger partial charge in [0.25, 0.3) is 5.91 Å². The van der Waals surface area contributed by atoms with Crippen LogP contribution in [0.5, 0.6) is 0 Å². The second kappa shape index (κ2) is 7.60. The first-order valence-corrected chi connectivity index (χ1v) is 9.60. The number of rotatable bonds is 4. The molecule has 0 atom stereocenters. The van der Waals surface area contributed by atoms with Crippen molar-refractivity contribution in [2.75, 3.05) is 25.5 Å². The van der Waals surface area contributed by atoms with Crippen LogP contribution in [0.1, 0.15) is 49.2 Å². The molecule has 1 aliphatic rings. The van der Waals surface area contributed by atoms with Crippen molar-refractivity contribution >= 4 is 28.2 Å². The van der Waals surface area contributed by atoms with Crippen molar-refractivity contribution in [2.24, 2.45) is 0 Å². The van der Waals surface area contributed by atoms with Crippen LogP contribution < -0.4 is 5.32 Å². The van der Waals surface area contributed by atoms with Crippen LogP contribution >= 0.6 is 11.3 Å². The molecule has 26 heavy (non-hydrogen) atoms. The number of likely N-dealkylation sites (N-methyl/N-ethyl adjacent to an activating group) is 1. The van der Waals surface area contributed by atoms with Crippen LogP contribution in [-0.2, 0) is 17.7 Å². The third-order valence-electron chi connectivity index (χ3n) is 4.97. The van der Waals surface area contributed by atoms with E-state index in [0.29, 0.717) is 16.1 Å². The number of esters is 1. The Balaban J connectivity index is 1.93. The molecule has 1 aliphatic heterocycles. The standard InChI is InChI=1S/C20H24N2O3S/c1-5-22-9-8-15-16(11-22)26-19(17(15)20(24)25-4)21-18(23)14-7-6-12(2)13(3)10-14/h6-7,10H,5,8-9,11H2,1-4H3,(H,21,23). The van der Waals surface area contributed by atoms with Gasteiger partial charge >= 0.3 is 5.97 Å². The lowest BCUT2D eigenvalue weighted by molar-refractivity contribution is 0.0600. The van der Waals surface area contributed by atoms with E-state index in [2.05, 4.69) is 17.1 Å². The van der Waals surface area contributed by atoms with E-state index >= 15 is 0 Å². The van der Waals surface area contributed by atoms with Gasteiger partial charge in [-0.25, -0.2) is 4.79 Å². The Morgan fingerprint density at radius 3 is 2.69 bits per heavy atom. The minimum absolute atomic E-state index is 0.204. The fourth-order valence-electron chi connectivity index (χ4n) is 3.19. The molecule has 0 fully saturated rings. The van der Waals surface area contributed by atoms with Gasteiger partial charge in [0.05, 0.1) is 12.7 Å². The predicted molar refractivity (Wildman–Crippen MR) is 104 cm³/mol. The second-order valence-corrected chi connectivity index (χ2v) is 7.68. The quantitative estimate of drug-likeness (QED) is 0.830. The summed E-state index contributed by atoms with van der Waals surface area (Å²) in [4.78, 5) is 28.5. The first kappa shape index (κ1) is 18.6. The monoisotopic (exact) mass is 372 g/mol. The summed E-state index contributed by atoms with van der Waals surface area (Å²) in [5.74, 6) is -0.591. The highest BCUT2D eigenvalue weighted by atomic mass is 32.1. The van der Waals surface area contributed by atoms with Crippen molar-refractivity contribution in [3.63, 3.8) is 0 Å². The van der Waals surface area contributed by atoms with Gasteiger partial charge in [-0.2, -0.15) is 0 Å². The van der Waals surface area contributed by atoms with Crippen molar-refractivity contribution < 1.29 is 14.3 Å². The van der Waals surface area contributed by atoms with Gasteiger partial charge in [0.15, 0.2) is 0 Å². The molecule has 1 aromatic carbocycles. The molecule has 2 heterocycles. The van der Waals surface area contributed by atoms with Gasteiger partial charge in [-0.3, -0.25) is 9.69 Å². The number of thiophene rings is 1. The Labute approximate surface area is 158 Å². The summed E-state index contributed by atoms with van der Waals surface area (Å²) >= 11 is 1.48. The SMILES string of the molecule is CCN1CCc2c(sc(NC(=O)c3ccc(C)c(C)c3)c2C(=O)OC)C1. The molecule has 1 N–H and O–H groups in total. The van der Waals surface area contributed by atoms with E-state index in [1.807, 2.05) is 32.0 Å².